The van der Waals surface area contributed by atoms with Crippen molar-refractivity contribution in [1.82, 2.24) is 20.0 Å². The van der Waals surface area contributed by atoms with Crippen LogP contribution in [0.5, 0.6) is 0 Å². The van der Waals surface area contributed by atoms with Gasteiger partial charge in [0.2, 0.25) is 0 Å². The Hall–Kier alpha value is -3.41. The summed E-state index contributed by atoms with van der Waals surface area (Å²) in [5.41, 5.74) is 5.21. The summed E-state index contributed by atoms with van der Waals surface area (Å²) < 4.78 is 7.06. The molecule has 2 heterocycles. The quantitative estimate of drug-likeness (QED) is 0.572. The van der Waals surface area contributed by atoms with Gasteiger partial charge in [0, 0.05) is 10.9 Å². The molecule has 2 aromatic carbocycles. The van der Waals surface area contributed by atoms with Gasteiger partial charge in [-0.1, -0.05) is 35.5 Å². The van der Waals surface area contributed by atoms with Crippen molar-refractivity contribution in [1.29, 1.82) is 0 Å². The lowest BCUT2D eigenvalue weighted by Crippen LogP contribution is -2.05. The van der Waals surface area contributed by atoms with Crippen LogP contribution in [0.2, 0.25) is 0 Å². The van der Waals surface area contributed by atoms with Crippen molar-refractivity contribution in [2.75, 3.05) is 0 Å². The summed E-state index contributed by atoms with van der Waals surface area (Å²) in [4.78, 5) is 15.3. The highest BCUT2D eigenvalue weighted by atomic mass is 16.5. The van der Waals surface area contributed by atoms with Gasteiger partial charge in [-0.05, 0) is 43.2 Å². The molecule has 0 aliphatic carbocycles. The predicted octanol–water partition coefficient (Wildman–Crippen LogP) is 3.72. The molecule has 130 valence electrons. The molecule has 0 saturated heterocycles. The van der Waals surface area contributed by atoms with Crippen LogP contribution in [0.15, 0.2) is 54.7 Å². The van der Waals surface area contributed by atoms with Crippen LogP contribution in [0.4, 0.5) is 0 Å². The summed E-state index contributed by atoms with van der Waals surface area (Å²) in [6, 6.07) is 15.5. The summed E-state index contributed by atoms with van der Waals surface area (Å²) >= 11 is 0. The molecular formula is C20H18N4O2. The number of esters is 1. The second-order valence-corrected chi connectivity index (χ2v) is 6.22. The van der Waals surface area contributed by atoms with Crippen molar-refractivity contribution >= 4 is 16.9 Å². The molecule has 4 rings (SSSR count). The number of aromatic nitrogens is 4. The summed E-state index contributed by atoms with van der Waals surface area (Å²) in [5.74, 6) is -0.414. The highest BCUT2D eigenvalue weighted by Gasteiger charge is 2.13. The van der Waals surface area contributed by atoms with Gasteiger partial charge in [-0.3, -0.25) is 0 Å². The fraction of sp³-hybridized carbons (Fsp3) is 0.150. The van der Waals surface area contributed by atoms with E-state index in [0.717, 1.165) is 22.2 Å². The molecule has 4 aromatic rings. The van der Waals surface area contributed by atoms with Gasteiger partial charge >= 0.3 is 5.97 Å². The Morgan fingerprint density at radius 3 is 2.85 bits per heavy atom. The van der Waals surface area contributed by atoms with Crippen LogP contribution in [0.25, 0.3) is 16.6 Å². The highest BCUT2D eigenvalue weighted by molar-refractivity contribution is 5.94. The van der Waals surface area contributed by atoms with Crippen LogP contribution in [0.3, 0.4) is 0 Å². The number of benzene rings is 2. The maximum atomic E-state index is 12.3. The topological polar surface area (TPSA) is 72.8 Å². The number of nitrogens with one attached hydrogen (secondary N) is 1. The number of ether oxygens (including phenoxy) is 1. The van der Waals surface area contributed by atoms with Crippen LogP contribution >= 0.6 is 0 Å². The number of hydrogen-bond acceptors (Lipinski definition) is 4. The van der Waals surface area contributed by atoms with Crippen LogP contribution in [-0.4, -0.2) is 25.9 Å². The van der Waals surface area contributed by atoms with Crippen molar-refractivity contribution < 1.29 is 9.53 Å². The first kappa shape index (κ1) is 16.1. The van der Waals surface area contributed by atoms with Crippen LogP contribution in [-0.2, 0) is 11.3 Å². The SMILES string of the molecule is Cc1cccc(-n2cc(COC(=O)c3cc4ccccc4[nH]3)nn2)c1C. The van der Waals surface area contributed by atoms with E-state index in [4.69, 9.17) is 4.74 Å². The molecule has 0 bridgehead atoms. The number of fused-ring (bicyclic) bond motifs is 1. The van der Waals surface area contributed by atoms with Gasteiger partial charge in [0.15, 0.2) is 0 Å². The first-order chi connectivity index (χ1) is 12.6. The summed E-state index contributed by atoms with van der Waals surface area (Å²) in [5, 5.41) is 9.21. The van der Waals surface area contributed by atoms with Gasteiger partial charge in [-0.15, -0.1) is 5.10 Å². The molecule has 0 fully saturated rings. The molecule has 0 amide bonds. The van der Waals surface area contributed by atoms with Crippen molar-refractivity contribution in [2.45, 2.75) is 20.5 Å². The molecule has 0 saturated carbocycles. The van der Waals surface area contributed by atoms with Gasteiger partial charge < -0.3 is 9.72 Å². The molecule has 6 nitrogen and oxygen atoms in total. The number of para-hydroxylation sites is 1. The molecule has 0 atom stereocenters. The fourth-order valence-electron chi connectivity index (χ4n) is 2.87. The Kier molecular flexibility index (Phi) is 4.01. The third kappa shape index (κ3) is 2.97. The second kappa shape index (κ2) is 6.48. The Bertz CT molecular complexity index is 1060. The van der Waals surface area contributed by atoms with Crippen LogP contribution in [0.1, 0.15) is 27.3 Å². The standard InChI is InChI=1S/C20H18N4O2/c1-13-6-5-9-19(14(13)2)24-11-16(22-23-24)12-26-20(25)18-10-15-7-3-4-8-17(15)21-18/h3-11,21H,12H2,1-2H3. The number of carbonyl (C=O) groups is 1. The Morgan fingerprint density at radius 2 is 2.00 bits per heavy atom. The van der Waals surface area contributed by atoms with Gasteiger partial charge in [0.1, 0.15) is 18.0 Å². The first-order valence-corrected chi connectivity index (χ1v) is 8.34. The van der Waals surface area contributed by atoms with Gasteiger partial charge in [-0.2, -0.15) is 0 Å². The number of nitrogens with zero attached hydrogens (tertiary/aromatic N) is 3. The van der Waals surface area contributed by atoms with Gasteiger partial charge in [0.25, 0.3) is 0 Å². The monoisotopic (exact) mass is 346 g/mol. The van der Waals surface area contributed by atoms with Crippen LogP contribution in [0, 0.1) is 13.8 Å². The van der Waals surface area contributed by atoms with Crippen molar-refractivity contribution in [3.8, 4) is 5.69 Å². The number of H-pyrrole nitrogens is 1. The molecule has 0 spiro atoms. The second-order valence-electron chi connectivity index (χ2n) is 6.22. The molecule has 1 N–H and O–H groups in total. The minimum atomic E-state index is -0.414. The molecule has 0 radical (unpaired) electrons. The zero-order chi connectivity index (χ0) is 18.1. The number of aromatic amines is 1. The average molecular weight is 346 g/mol. The van der Waals surface area contributed by atoms with E-state index in [2.05, 4.69) is 28.3 Å². The van der Waals surface area contributed by atoms with E-state index in [-0.39, 0.29) is 6.61 Å². The lowest BCUT2D eigenvalue weighted by molar-refractivity contribution is 0.0462. The third-order valence-corrected chi connectivity index (χ3v) is 4.46. The first-order valence-electron chi connectivity index (χ1n) is 8.34. The largest absolute Gasteiger partial charge is 0.454 e. The van der Waals surface area contributed by atoms with Crippen molar-refractivity contribution in [3.05, 3.63) is 77.2 Å². The minimum Gasteiger partial charge on any atom is -0.454 e. The van der Waals surface area contributed by atoms with E-state index in [0.29, 0.717) is 11.4 Å². The molecule has 0 aliphatic heterocycles. The molecule has 0 aliphatic rings. The van der Waals surface area contributed by atoms with E-state index in [9.17, 15) is 4.79 Å². The fourth-order valence-corrected chi connectivity index (χ4v) is 2.87. The summed E-state index contributed by atoms with van der Waals surface area (Å²) in [7, 11) is 0. The van der Waals surface area contributed by atoms with Gasteiger partial charge in [0.05, 0.1) is 11.9 Å². The lowest BCUT2D eigenvalue weighted by Gasteiger charge is -2.06. The lowest BCUT2D eigenvalue weighted by atomic mass is 10.1. The van der Waals surface area contributed by atoms with Crippen LogP contribution < -0.4 is 0 Å². The summed E-state index contributed by atoms with van der Waals surface area (Å²) in [6.45, 7) is 4.17. The number of hydrogen-bond donors (Lipinski definition) is 1. The number of rotatable bonds is 4. The molecule has 6 heteroatoms. The van der Waals surface area contributed by atoms with E-state index in [1.54, 1.807) is 16.9 Å². The Labute approximate surface area is 150 Å². The van der Waals surface area contributed by atoms with E-state index in [1.807, 2.05) is 43.3 Å². The highest BCUT2D eigenvalue weighted by Crippen LogP contribution is 2.18. The van der Waals surface area contributed by atoms with Gasteiger partial charge in [-0.25, -0.2) is 9.48 Å². The normalized spacial score (nSPS) is 11.0. The smallest absolute Gasteiger partial charge is 0.355 e. The van der Waals surface area contributed by atoms with E-state index >= 15 is 0 Å². The zero-order valence-electron chi connectivity index (χ0n) is 14.6. The summed E-state index contributed by atoms with van der Waals surface area (Å²) in [6.07, 6.45) is 1.78. The molecule has 2 aromatic heterocycles. The number of carbonyl (C=O) groups excluding carboxylic acids is 1. The van der Waals surface area contributed by atoms with Crippen molar-refractivity contribution in [3.63, 3.8) is 0 Å². The Balaban J connectivity index is 1.47. The Morgan fingerprint density at radius 1 is 1.15 bits per heavy atom. The van der Waals surface area contributed by atoms with E-state index in [1.165, 1.54) is 5.56 Å². The maximum Gasteiger partial charge on any atom is 0.355 e. The molecular weight excluding hydrogens is 328 g/mol. The predicted molar refractivity (Wildman–Crippen MR) is 98.3 cm³/mol. The maximum absolute atomic E-state index is 12.3. The zero-order valence-corrected chi connectivity index (χ0v) is 14.6. The molecule has 0 unspecified atom stereocenters. The van der Waals surface area contributed by atoms with Crippen molar-refractivity contribution in [2.24, 2.45) is 0 Å². The number of aryl methyl sites for hydroxylation is 1. The minimum absolute atomic E-state index is 0.0685. The van der Waals surface area contributed by atoms with E-state index < -0.39 is 5.97 Å². The third-order valence-electron chi connectivity index (χ3n) is 4.46. The average Bonchev–Trinajstić information content (AvgIpc) is 3.28. The molecule has 26 heavy (non-hydrogen) atoms.